The van der Waals surface area contributed by atoms with Crippen LogP contribution in [0.3, 0.4) is 0 Å². The highest BCUT2D eigenvalue weighted by Crippen LogP contribution is 2.27. The number of carbonyl (C=O) groups excluding carboxylic acids is 2. The summed E-state index contributed by atoms with van der Waals surface area (Å²) in [6.45, 7) is 1.88. The highest BCUT2D eigenvalue weighted by molar-refractivity contribution is 7.13. The van der Waals surface area contributed by atoms with E-state index in [1.807, 2.05) is 36.6 Å². The Morgan fingerprint density at radius 2 is 2.19 bits per heavy atom. The number of fused-ring (bicyclic) bond motifs is 1. The van der Waals surface area contributed by atoms with E-state index in [4.69, 9.17) is 4.42 Å². The summed E-state index contributed by atoms with van der Waals surface area (Å²) in [5.41, 5.74) is 3.28. The van der Waals surface area contributed by atoms with Gasteiger partial charge in [0.15, 0.2) is 10.8 Å². The summed E-state index contributed by atoms with van der Waals surface area (Å²) in [4.78, 5) is 28.2. The largest absolute Gasteiger partial charge is 0.459 e. The Kier molecular flexibility index (Phi) is 4.30. The standard InChI is InChI=1S/C19H17N3O3S/c1-11-2-6-16(25-11)19-21-14(10-26-19)9-18(24)20-13-4-5-15-12(8-13)3-7-17(23)22-15/h2,4-6,8,10H,3,7,9H2,1H3,(H,20,24)(H,22,23). The van der Waals surface area contributed by atoms with Gasteiger partial charge in [0.25, 0.3) is 0 Å². The lowest BCUT2D eigenvalue weighted by atomic mass is 10.0. The molecule has 4 rings (SSSR count). The molecule has 6 nitrogen and oxygen atoms in total. The molecule has 0 atom stereocenters. The third kappa shape index (κ3) is 3.52. The van der Waals surface area contributed by atoms with Gasteiger partial charge in [0, 0.05) is 23.2 Å². The molecular weight excluding hydrogens is 350 g/mol. The summed E-state index contributed by atoms with van der Waals surface area (Å²) in [6.07, 6.45) is 1.35. The number of nitrogens with zero attached hydrogens (tertiary/aromatic N) is 1. The first kappa shape index (κ1) is 16.5. The molecule has 132 valence electrons. The van der Waals surface area contributed by atoms with Crippen LogP contribution in [0, 0.1) is 6.92 Å². The van der Waals surface area contributed by atoms with Crippen molar-refractivity contribution in [3.05, 3.63) is 52.7 Å². The number of anilines is 2. The molecule has 2 N–H and O–H groups in total. The molecular formula is C19H17N3O3S. The van der Waals surface area contributed by atoms with Crippen molar-refractivity contribution >= 4 is 34.5 Å². The molecule has 3 heterocycles. The molecule has 0 radical (unpaired) electrons. The van der Waals surface area contributed by atoms with Crippen LogP contribution in [0.4, 0.5) is 11.4 Å². The average molecular weight is 367 g/mol. The molecule has 0 fully saturated rings. The molecule has 7 heteroatoms. The van der Waals surface area contributed by atoms with E-state index in [1.165, 1.54) is 11.3 Å². The number of furan rings is 1. The minimum absolute atomic E-state index is 0.0281. The van der Waals surface area contributed by atoms with Gasteiger partial charge in [-0.3, -0.25) is 9.59 Å². The van der Waals surface area contributed by atoms with Crippen LogP contribution in [-0.4, -0.2) is 16.8 Å². The molecule has 1 aliphatic rings. The third-order valence-electron chi connectivity index (χ3n) is 4.13. The summed E-state index contributed by atoms with van der Waals surface area (Å²) in [6, 6.07) is 9.29. The van der Waals surface area contributed by atoms with Crippen LogP contribution in [0.1, 0.15) is 23.4 Å². The molecule has 0 unspecified atom stereocenters. The Hall–Kier alpha value is -2.93. The number of rotatable bonds is 4. The van der Waals surface area contributed by atoms with E-state index < -0.39 is 0 Å². The molecule has 2 aromatic heterocycles. The van der Waals surface area contributed by atoms with E-state index >= 15 is 0 Å². The number of carbonyl (C=O) groups is 2. The Morgan fingerprint density at radius 3 is 3.00 bits per heavy atom. The normalized spacial score (nSPS) is 13.2. The number of benzene rings is 1. The summed E-state index contributed by atoms with van der Waals surface area (Å²) >= 11 is 1.46. The van der Waals surface area contributed by atoms with Crippen LogP contribution < -0.4 is 10.6 Å². The predicted molar refractivity (Wildman–Crippen MR) is 100 cm³/mol. The van der Waals surface area contributed by atoms with Gasteiger partial charge in [0.1, 0.15) is 5.76 Å². The fourth-order valence-corrected chi connectivity index (χ4v) is 3.66. The quantitative estimate of drug-likeness (QED) is 0.735. The van der Waals surface area contributed by atoms with Crippen molar-refractivity contribution in [3.8, 4) is 10.8 Å². The van der Waals surface area contributed by atoms with Gasteiger partial charge in [-0.15, -0.1) is 11.3 Å². The van der Waals surface area contributed by atoms with Gasteiger partial charge >= 0.3 is 0 Å². The zero-order valence-electron chi connectivity index (χ0n) is 14.2. The fourth-order valence-electron chi connectivity index (χ4n) is 2.88. The van der Waals surface area contributed by atoms with Crippen LogP contribution in [0.15, 0.2) is 40.1 Å². The fraction of sp³-hybridized carbons (Fsp3) is 0.211. The summed E-state index contributed by atoms with van der Waals surface area (Å²) in [7, 11) is 0. The van der Waals surface area contributed by atoms with Crippen LogP contribution >= 0.6 is 11.3 Å². The Bertz CT molecular complexity index is 990. The van der Waals surface area contributed by atoms with Crippen molar-refractivity contribution in [2.75, 3.05) is 10.6 Å². The maximum absolute atomic E-state index is 12.3. The van der Waals surface area contributed by atoms with E-state index in [1.54, 1.807) is 6.07 Å². The van der Waals surface area contributed by atoms with Crippen LogP contribution in [-0.2, 0) is 22.4 Å². The van der Waals surface area contributed by atoms with Crippen LogP contribution in [0.2, 0.25) is 0 Å². The number of hydrogen-bond donors (Lipinski definition) is 2. The van der Waals surface area contributed by atoms with Crippen LogP contribution in [0.25, 0.3) is 10.8 Å². The van der Waals surface area contributed by atoms with Crippen molar-refractivity contribution in [2.24, 2.45) is 0 Å². The van der Waals surface area contributed by atoms with Crippen molar-refractivity contribution < 1.29 is 14.0 Å². The molecule has 0 saturated heterocycles. The minimum atomic E-state index is -0.128. The van der Waals surface area contributed by atoms with Gasteiger partial charge in [-0.1, -0.05) is 0 Å². The highest BCUT2D eigenvalue weighted by Gasteiger charge is 2.16. The van der Waals surface area contributed by atoms with E-state index in [-0.39, 0.29) is 18.2 Å². The smallest absolute Gasteiger partial charge is 0.230 e. The SMILES string of the molecule is Cc1ccc(-c2nc(CC(=O)Nc3ccc4c(c3)CCC(=O)N4)cs2)o1. The second-order valence-electron chi connectivity index (χ2n) is 6.20. The molecule has 2 amide bonds. The molecule has 0 spiro atoms. The first-order valence-electron chi connectivity index (χ1n) is 8.31. The summed E-state index contributed by atoms with van der Waals surface area (Å²) < 4.78 is 5.56. The second-order valence-corrected chi connectivity index (χ2v) is 7.06. The Balaban J connectivity index is 1.41. The molecule has 0 saturated carbocycles. The molecule has 3 aromatic rings. The average Bonchev–Trinajstić information content (AvgIpc) is 3.24. The van der Waals surface area contributed by atoms with Gasteiger partial charge < -0.3 is 15.1 Å². The molecule has 1 aromatic carbocycles. The highest BCUT2D eigenvalue weighted by atomic mass is 32.1. The predicted octanol–water partition coefficient (Wildman–Crippen LogP) is 3.78. The number of hydrogen-bond acceptors (Lipinski definition) is 5. The number of amides is 2. The summed E-state index contributed by atoms with van der Waals surface area (Å²) in [5.74, 6) is 1.45. The van der Waals surface area contributed by atoms with Gasteiger partial charge in [-0.25, -0.2) is 4.98 Å². The van der Waals surface area contributed by atoms with Crippen molar-refractivity contribution in [3.63, 3.8) is 0 Å². The topological polar surface area (TPSA) is 84.2 Å². The lowest BCUT2D eigenvalue weighted by molar-refractivity contribution is -0.117. The van der Waals surface area contributed by atoms with Crippen molar-refractivity contribution in [1.29, 1.82) is 0 Å². The van der Waals surface area contributed by atoms with E-state index in [9.17, 15) is 9.59 Å². The monoisotopic (exact) mass is 367 g/mol. The minimum Gasteiger partial charge on any atom is -0.459 e. The first-order chi connectivity index (χ1) is 12.6. The van der Waals surface area contributed by atoms with Crippen LogP contribution in [0.5, 0.6) is 0 Å². The zero-order valence-corrected chi connectivity index (χ0v) is 15.0. The van der Waals surface area contributed by atoms with Gasteiger partial charge in [0.2, 0.25) is 11.8 Å². The summed E-state index contributed by atoms with van der Waals surface area (Å²) in [5, 5.41) is 8.36. The van der Waals surface area contributed by atoms with E-state index in [0.717, 1.165) is 33.5 Å². The number of aryl methyl sites for hydroxylation is 2. The van der Waals surface area contributed by atoms with E-state index in [0.29, 0.717) is 18.5 Å². The number of aromatic nitrogens is 1. The lowest BCUT2D eigenvalue weighted by Crippen LogP contribution is -2.20. The second kappa shape index (κ2) is 6.76. The number of nitrogens with one attached hydrogen (secondary N) is 2. The van der Waals surface area contributed by atoms with Crippen molar-refractivity contribution in [1.82, 2.24) is 4.98 Å². The van der Waals surface area contributed by atoms with E-state index in [2.05, 4.69) is 15.6 Å². The van der Waals surface area contributed by atoms with Gasteiger partial charge in [-0.2, -0.15) is 0 Å². The lowest BCUT2D eigenvalue weighted by Gasteiger charge is -2.17. The van der Waals surface area contributed by atoms with Gasteiger partial charge in [0.05, 0.1) is 12.1 Å². The number of thiazole rings is 1. The first-order valence-corrected chi connectivity index (χ1v) is 9.18. The maximum atomic E-state index is 12.3. The maximum Gasteiger partial charge on any atom is 0.230 e. The van der Waals surface area contributed by atoms with Crippen molar-refractivity contribution in [2.45, 2.75) is 26.2 Å². The van der Waals surface area contributed by atoms with Gasteiger partial charge in [-0.05, 0) is 49.2 Å². The third-order valence-corrected chi connectivity index (χ3v) is 5.03. The molecule has 0 bridgehead atoms. The molecule has 1 aliphatic heterocycles. The molecule has 0 aliphatic carbocycles. The Morgan fingerprint density at radius 1 is 1.31 bits per heavy atom. The molecule has 26 heavy (non-hydrogen) atoms. The zero-order chi connectivity index (χ0) is 18.1. The Labute approximate surface area is 154 Å².